The number of hydrogen-bond acceptors (Lipinski definition) is 1. The molecule has 3 rings (SSSR count). The number of aliphatic carboxylic acids is 1. The van der Waals surface area contributed by atoms with Gasteiger partial charge in [-0.1, -0.05) is 36.7 Å². The standard InChI is InChI=1S/C10H15BrO2/c1-8(2)9(3)4-5-10(8,6(9)11)7(12)13/h6H,4-5H2,1-3H3,(H,12,13)/t6-,9-,10-/m1/s1. The van der Waals surface area contributed by atoms with Gasteiger partial charge in [-0.05, 0) is 23.7 Å². The first-order chi connectivity index (χ1) is 5.81. The van der Waals surface area contributed by atoms with Crippen LogP contribution in [0, 0.1) is 16.2 Å². The van der Waals surface area contributed by atoms with E-state index in [4.69, 9.17) is 0 Å². The van der Waals surface area contributed by atoms with Gasteiger partial charge in [0.1, 0.15) is 0 Å². The van der Waals surface area contributed by atoms with E-state index in [1.807, 2.05) is 0 Å². The van der Waals surface area contributed by atoms with Gasteiger partial charge < -0.3 is 5.11 Å². The Bertz CT molecular complexity index is 287. The zero-order valence-electron chi connectivity index (χ0n) is 8.22. The summed E-state index contributed by atoms with van der Waals surface area (Å²) in [7, 11) is 0. The highest BCUT2D eigenvalue weighted by atomic mass is 79.9. The van der Waals surface area contributed by atoms with Crippen LogP contribution in [0.5, 0.6) is 0 Å². The van der Waals surface area contributed by atoms with Crippen molar-refractivity contribution in [3.8, 4) is 0 Å². The summed E-state index contributed by atoms with van der Waals surface area (Å²) in [6, 6.07) is 0. The van der Waals surface area contributed by atoms with Crippen LogP contribution in [0.3, 0.4) is 0 Å². The largest absolute Gasteiger partial charge is 0.481 e. The molecule has 74 valence electrons. The van der Waals surface area contributed by atoms with Crippen molar-refractivity contribution < 1.29 is 9.90 Å². The smallest absolute Gasteiger partial charge is 0.311 e. The van der Waals surface area contributed by atoms with E-state index in [0.717, 1.165) is 12.8 Å². The molecule has 0 radical (unpaired) electrons. The monoisotopic (exact) mass is 246 g/mol. The molecular formula is C10H15BrO2. The number of halogens is 1. The second kappa shape index (κ2) is 2.13. The normalized spacial score (nSPS) is 51.5. The highest BCUT2D eigenvalue weighted by Gasteiger charge is 2.80. The third-order valence-corrected chi connectivity index (χ3v) is 6.75. The van der Waals surface area contributed by atoms with Gasteiger partial charge in [0.2, 0.25) is 0 Å². The molecule has 0 heterocycles. The minimum Gasteiger partial charge on any atom is -0.481 e. The minimum atomic E-state index is -0.630. The first-order valence-corrected chi connectivity index (χ1v) is 5.60. The number of alkyl halides is 1. The molecule has 0 aromatic rings. The second-order valence-electron chi connectivity index (χ2n) is 5.18. The fraction of sp³-hybridized carbons (Fsp3) is 0.900. The molecule has 0 aromatic carbocycles. The molecule has 13 heavy (non-hydrogen) atoms. The van der Waals surface area contributed by atoms with Crippen LogP contribution < -0.4 is 0 Å². The average Bonchev–Trinajstić information content (AvgIpc) is 2.39. The fourth-order valence-corrected chi connectivity index (χ4v) is 5.23. The molecule has 3 aliphatic rings. The van der Waals surface area contributed by atoms with Gasteiger partial charge in [-0.15, -0.1) is 0 Å². The molecule has 0 spiro atoms. The fourth-order valence-electron chi connectivity index (χ4n) is 3.43. The lowest BCUT2D eigenvalue weighted by Gasteiger charge is -2.63. The highest BCUT2D eigenvalue weighted by molar-refractivity contribution is 9.09. The molecule has 0 saturated heterocycles. The number of carboxylic acid groups (broad SMARTS) is 1. The van der Waals surface area contributed by atoms with Gasteiger partial charge in [-0.3, -0.25) is 4.79 Å². The molecule has 0 aliphatic heterocycles. The Morgan fingerprint density at radius 3 is 2.08 bits per heavy atom. The summed E-state index contributed by atoms with van der Waals surface area (Å²) in [4.78, 5) is 11.5. The van der Waals surface area contributed by atoms with Crippen LogP contribution >= 0.6 is 15.9 Å². The molecule has 2 bridgehead atoms. The Hall–Kier alpha value is -0.0500. The summed E-state index contributed by atoms with van der Waals surface area (Å²) in [5.41, 5.74) is -0.410. The van der Waals surface area contributed by atoms with Gasteiger partial charge in [0.15, 0.2) is 0 Å². The Balaban J connectivity index is 2.50. The predicted octanol–water partition coefficient (Wildman–Crippen LogP) is 2.66. The number of rotatable bonds is 1. The zero-order valence-corrected chi connectivity index (χ0v) is 9.81. The van der Waals surface area contributed by atoms with Crippen LogP contribution in [0.25, 0.3) is 0 Å². The van der Waals surface area contributed by atoms with Crippen molar-refractivity contribution in [1.82, 2.24) is 0 Å². The van der Waals surface area contributed by atoms with E-state index in [1.54, 1.807) is 0 Å². The van der Waals surface area contributed by atoms with Crippen LogP contribution in [0.15, 0.2) is 0 Å². The minimum absolute atomic E-state index is 0.0694. The first-order valence-electron chi connectivity index (χ1n) is 4.68. The van der Waals surface area contributed by atoms with Crippen LogP contribution in [0.2, 0.25) is 0 Å². The predicted molar refractivity (Wildman–Crippen MR) is 53.9 cm³/mol. The van der Waals surface area contributed by atoms with E-state index in [0.29, 0.717) is 0 Å². The molecule has 0 unspecified atom stereocenters. The number of fused-ring (bicyclic) bond motifs is 1. The second-order valence-corrected chi connectivity index (χ2v) is 6.10. The maximum absolute atomic E-state index is 11.3. The third kappa shape index (κ3) is 0.641. The summed E-state index contributed by atoms with van der Waals surface area (Å²) in [6.45, 7) is 6.37. The third-order valence-electron chi connectivity index (χ3n) is 4.96. The summed E-state index contributed by atoms with van der Waals surface area (Å²) in [5, 5.41) is 9.30. The van der Waals surface area contributed by atoms with Crippen molar-refractivity contribution in [3.05, 3.63) is 0 Å². The van der Waals surface area contributed by atoms with E-state index in [1.165, 1.54) is 0 Å². The SMILES string of the molecule is CC1(C)[C@]2(C(=O)O)CC[C@]1(C)[C@H]2Br. The maximum Gasteiger partial charge on any atom is 0.311 e. The van der Waals surface area contributed by atoms with E-state index in [2.05, 4.69) is 36.7 Å². The topological polar surface area (TPSA) is 37.3 Å². The van der Waals surface area contributed by atoms with Crippen LogP contribution in [0.1, 0.15) is 33.6 Å². The molecule has 3 atom stereocenters. The van der Waals surface area contributed by atoms with Crippen molar-refractivity contribution in [2.24, 2.45) is 16.2 Å². The number of carboxylic acids is 1. The van der Waals surface area contributed by atoms with Crippen molar-refractivity contribution in [3.63, 3.8) is 0 Å². The van der Waals surface area contributed by atoms with E-state index in [9.17, 15) is 9.90 Å². The molecule has 0 aromatic heterocycles. The summed E-state index contributed by atoms with van der Waals surface area (Å²) >= 11 is 3.56. The highest BCUT2D eigenvalue weighted by Crippen LogP contribution is 2.79. The lowest BCUT2D eigenvalue weighted by atomic mass is 9.44. The Morgan fingerprint density at radius 2 is 1.92 bits per heavy atom. The van der Waals surface area contributed by atoms with Crippen molar-refractivity contribution in [2.75, 3.05) is 0 Å². The van der Waals surface area contributed by atoms with Crippen LogP contribution in [-0.4, -0.2) is 15.9 Å². The number of carbonyl (C=O) groups is 1. The van der Waals surface area contributed by atoms with E-state index in [-0.39, 0.29) is 15.7 Å². The first kappa shape index (κ1) is 9.50. The molecule has 3 heteroatoms. The molecule has 3 saturated carbocycles. The van der Waals surface area contributed by atoms with Gasteiger partial charge in [0.25, 0.3) is 0 Å². The summed E-state index contributed by atoms with van der Waals surface area (Å²) < 4.78 is 0. The molecule has 3 aliphatic carbocycles. The molecule has 2 nitrogen and oxygen atoms in total. The summed E-state index contributed by atoms with van der Waals surface area (Å²) in [6.07, 6.45) is 1.85. The zero-order chi connectivity index (χ0) is 10.1. The number of hydrogen-bond donors (Lipinski definition) is 1. The van der Waals surface area contributed by atoms with E-state index < -0.39 is 11.4 Å². The molecular weight excluding hydrogens is 232 g/mol. The maximum atomic E-state index is 11.3. The molecule has 1 N–H and O–H groups in total. The van der Waals surface area contributed by atoms with E-state index >= 15 is 0 Å². The van der Waals surface area contributed by atoms with Crippen molar-refractivity contribution >= 4 is 21.9 Å². The van der Waals surface area contributed by atoms with Gasteiger partial charge in [0.05, 0.1) is 5.41 Å². The Morgan fingerprint density at radius 1 is 1.38 bits per heavy atom. The summed E-state index contributed by atoms with van der Waals surface area (Å²) in [5.74, 6) is -0.630. The quantitative estimate of drug-likeness (QED) is 0.723. The van der Waals surface area contributed by atoms with Crippen molar-refractivity contribution in [1.29, 1.82) is 0 Å². The van der Waals surface area contributed by atoms with Gasteiger partial charge in [0, 0.05) is 4.83 Å². The Kier molecular flexibility index (Phi) is 1.56. The Labute approximate surface area is 86.8 Å². The average molecular weight is 247 g/mol. The van der Waals surface area contributed by atoms with Gasteiger partial charge in [-0.25, -0.2) is 0 Å². The van der Waals surface area contributed by atoms with Crippen LogP contribution in [-0.2, 0) is 4.79 Å². The molecule has 0 amide bonds. The molecule has 3 fully saturated rings. The van der Waals surface area contributed by atoms with Crippen LogP contribution in [0.4, 0.5) is 0 Å². The lowest BCUT2D eigenvalue weighted by molar-refractivity contribution is -0.179. The van der Waals surface area contributed by atoms with Gasteiger partial charge in [-0.2, -0.15) is 0 Å². The van der Waals surface area contributed by atoms with Crippen molar-refractivity contribution in [2.45, 2.75) is 38.4 Å². The van der Waals surface area contributed by atoms with Gasteiger partial charge >= 0.3 is 5.97 Å². The lowest BCUT2D eigenvalue weighted by Crippen LogP contribution is -2.67.